The molecule has 0 atom stereocenters. The average molecular weight is 563 g/mol. The number of carbonyl (C=O) groups excluding carboxylic acids is 1. The molecule has 0 spiro atoms. The van der Waals surface area contributed by atoms with E-state index in [0.29, 0.717) is 6.61 Å². The number of aryl methyl sites for hydroxylation is 2. The SMILES string of the molecule is Cn1c(=O)n(C)c2cc(CN(CCCOc3cccc(CC(N)=O)c3)CC(c3ccccc3)c3ccccc3)ccc21. The molecule has 0 bridgehead atoms. The third-order valence-corrected chi connectivity index (χ3v) is 7.75. The Morgan fingerprint density at radius 3 is 2.14 bits per heavy atom. The second-order valence-corrected chi connectivity index (χ2v) is 10.8. The van der Waals surface area contributed by atoms with Crippen LogP contribution in [0.1, 0.15) is 34.6 Å². The second kappa shape index (κ2) is 13.4. The molecule has 2 N–H and O–H groups in total. The predicted octanol–water partition coefficient (Wildman–Crippen LogP) is 5.01. The molecule has 5 aromatic rings. The molecular weight excluding hydrogens is 524 g/mol. The van der Waals surface area contributed by atoms with E-state index in [-0.39, 0.29) is 23.9 Å². The summed E-state index contributed by atoms with van der Waals surface area (Å²) in [5.74, 6) is 0.578. The minimum absolute atomic E-state index is 0.0238. The number of hydrogen-bond donors (Lipinski definition) is 1. The molecule has 0 radical (unpaired) electrons. The van der Waals surface area contributed by atoms with E-state index in [1.54, 1.807) is 9.13 Å². The van der Waals surface area contributed by atoms with Crippen molar-refractivity contribution in [1.82, 2.24) is 14.0 Å². The van der Waals surface area contributed by atoms with E-state index in [4.69, 9.17) is 10.5 Å². The highest BCUT2D eigenvalue weighted by molar-refractivity contribution is 5.77. The largest absolute Gasteiger partial charge is 0.494 e. The Kier molecular flexibility index (Phi) is 9.19. The number of nitrogens with zero attached hydrogens (tertiary/aromatic N) is 3. The van der Waals surface area contributed by atoms with E-state index in [1.165, 1.54) is 11.1 Å². The van der Waals surface area contributed by atoms with Crippen LogP contribution in [0.5, 0.6) is 5.75 Å². The van der Waals surface area contributed by atoms with Gasteiger partial charge in [0.05, 0.1) is 24.1 Å². The molecule has 1 aromatic heterocycles. The summed E-state index contributed by atoms with van der Waals surface area (Å²) in [5, 5.41) is 0. The Labute approximate surface area is 246 Å². The maximum Gasteiger partial charge on any atom is 0.328 e. The van der Waals surface area contributed by atoms with Crippen LogP contribution in [-0.4, -0.2) is 39.6 Å². The fourth-order valence-corrected chi connectivity index (χ4v) is 5.60. The monoisotopic (exact) mass is 562 g/mol. The summed E-state index contributed by atoms with van der Waals surface area (Å²) in [5.41, 5.74) is 11.8. The van der Waals surface area contributed by atoms with Crippen molar-refractivity contribution in [3.05, 3.63) is 136 Å². The lowest BCUT2D eigenvalue weighted by Gasteiger charge is -2.28. The van der Waals surface area contributed by atoms with Crippen molar-refractivity contribution in [1.29, 1.82) is 0 Å². The van der Waals surface area contributed by atoms with Crippen LogP contribution in [0.3, 0.4) is 0 Å². The molecular formula is C35H38N4O3. The molecule has 7 heteroatoms. The van der Waals surface area contributed by atoms with Crippen LogP contribution in [-0.2, 0) is 31.9 Å². The molecule has 4 aromatic carbocycles. The molecule has 7 nitrogen and oxygen atoms in total. The van der Waals surface area contributed by atoms with Gasteiger partial charge in [0.2, 0.25) is 5.91 Å². The van der Waals surface area contributed by atoms with Crippen molar-refractivity contribution in [2.45, 2.75) is 25.3 Å². The summed E-state index contributed by atoms with van der Waals surface area (Å²) in [4.78, 5) is 26.3. The highest BCUT2D eigenvalue weighted by Crippen LogP contribution is 2.27. The van der Waals surface area contributed by atoms with Crippen LogP contribution in [0.25, 0.3) is 11.0 Å². The molecule has 216 valence electrons. The molecule has 1 amide bonds. The van der Waals surface area contributed by atoms with E-state index in [1.807, 2.05) is 44.4 Å². The van der Waals surface area contributed by atoms with E-state index < -0.39 is 0 Å². The number of aromatic nitrogens is 2. The number of amides is 1. The quantitative estimate of drug-likeness (QED) is 0.205. The fourth-order valence-electron chi connectivity index (χ4n) is 5.60. The number of hydrogen-bond acceptors (Lipinski definition) is 4. The zero-order chi connectivity index (χ0) is 29.5. The van der Waals surface area contributed by atoms with E-state index in [0.717, 1.165) is 54.0 Å². The van der Waals surface area contributed by atoms with Crippen molar-refractivity contribution < 1.29 is 9.53 Å². The van der Waals surface area contributed by atoms with Gasteiger partial charge in [0, 0.05) is 39.6 Å². The first-order valence-electron chi connectivity index (χ1n) is 14.4. The van der Waals surface area contributed by atoms with Crippen LogP contribution in [0.4, 0.5) is 0 Å². The summed E-state index contributed by atoms with van der Waals surface area (Å²) in [6, 6.07) is 35.1. The average Bonchev–Trinajstić information content (AvgIpc) is 3.21. The van der Waals surface area contributed by atoms with Gasteiger partial charge < -0.3 is 10.5 Å². The normalized spacial score (nSPS) is 11.4. The van der Waals surface area contributed by atoms with Gasteiger partial charge >= 0.3 is 5.69 Å². The van der Waals surface area contributed by atoms with E-state index in [2.05, 4.69) is 77.7 Å². The van der Waals surface area contributed by atoms with Gasteiger partial charge in [-0.15, -0.1) is 0 Å². The first-order valence-corrected chi connectivity index (χ1v) is 14.4. The third-order valence-electron chi connectivity index (χ3n) is 7.75. The first kappa shape index (κ1) is 28.9. The molecule has 0 aliphatic heterocycles. The number of imidazole rings is 1. The lowest BCUT2D eigenvalue weighted by Crippen LogP contribution is -2.30. The van der Waals surface area contributed by atoms with Gasteiger partial charge in [0.1, 0.15) is 5.75 Å². The minimum atomic E-state index is -0.358. The van der Waals surface area contributed by atoms with Gasteiger partial charge in [-0.25, -0.2) is 4.79 Å². The van der Waals surface area contributed by atoms with E-state index >= 15 is 0 Å². The van der Waals surface area contributed by atoms with Crippen LogP contribution >= 0.6 is 0 Å². The molecule has 0 unspecified atom stereocenters. The summed E-state index contributed by atoms with van der Waals surface area (Å²) in [6.07, 6.45) is 1.02. The van der Waals surface area contributed by atoms with Gasteiger partial charge in [0.25, 0.3) is 0 Å². The Hall–Kier alpha value is -4.62. The molecule has 42 heavy (non-hydrogen) atoms. The van der Waals surface area contributed by atoms with Gasteiger partial charge in [0.15, 0.2) is 0 Å². The van der Waals surface area contributed by atoms with Crippen molar-refractivity contribution in [2.75, 3.05) is 19.7 Å². The van der Waals surface area contributed by atoms with Gasteiger partial charge in [-0.1, -0.05) is 78.9 Å². The van der Waals surface area contributed by atoms with Crippen LogP contribution < -0.4 is 16.2 Å². The van der Waals surface area contributed by atoms with E-state index in [9.17, 15) is 9.59 Å². The molecule has 1 heterocycles. The molecule has 0 saturated carbocycles. The van der Waals surface area contributed by atoms with Crippen molar-refractivity contribution >= 4 is 16.9 Å². The predicted molar refractivity (Wildman–Crippen MR) is 168 cm³/mol. The molecule has 0 saturated heterocycles. The summed E-state index contributed by atoms with van der Waals surface area (Å²) < 4.78 is 9.47. The maximum absolute atomic E-state index is 12.5. The van der Waals surface area contributed by atoms with Gasteiger partial charge in [-0.05, 0) is 52.9 Å². The Morgan fingerprint density at radius 2 is 1.48 bits per heavy atom. The van der Waals surface area contributed by atoms with Crippen LogP contribution in [0.2, 0.25) is 0 Å². The fraction of sp³-hybridized carbons (Fsp3) is 0.257. The highest BCUT2D eigenvalue weighted by Gasteiger charge is 2.19. The first-order chi connectivity index (χ1) is 20.4. The summed E-state index contributed by atoms with van der Waals surface area (Å²) in [7, 11) is 3.63. The summed E-state index contributed by atoms with van der Waals surface area (Å²) >= 11 is 0. The molecule has 0 aliphatic rings. The van der Waals surface area contributed by atoms with Crippen LogP contribution in [0.15, 0.2) is 108 Å². The lowest BCUT2D eigenvalue weighted by molar-refractivity contribution is -0.117. The summed E-state index contributed by atoms with van der Waals surface area (Å²) in [6.45, 7) is 2.93. The smallest absolute Gasteiger partial charge is 0.328 e. The zero-order valence-electron chi connectivity index (χ0n) is 24.3. The number of primary amides is 1. The second-order valence-electron chi connectivity index (χ2n) is 10.8. The lowest BCUT2D eigenvalue weighted by atomic mass is 9.90. The topological polar surface area (TPSA) is 82.5 Å². The minimum Gasteiger partial charge on any atom is -0.494 e. The Balaban J connectivity index is 1.36. The van der Waals surface area contributed by atoms with Crippen molar-refractivity contribution in [3.8, 4) is 5.75 Å². The molecule has 0 fully saturated rings. The number of carbonyl (C=O) groups is 1. The van der Waals surface area contributed by atoms with Crippen LogP contribution in [0, 0.1) is 0 Å². The van der Waals surface area contributed by atoms with Gasteiger partial charge in [-0.3, -0.25) is 18.8 Å². The zero-order valence-corrected chi connectivity index (χ0v) is 24.3. The highest BCUT2D eigenvalue weighted by atomic mass is 16.5. The van der Waals surface area contributed by atoms with Crippen molar-refractivity contribution in [3.63, 3.8) is 0 Å². The molecule has 5 rings (SSSR count). The van der Waals surface area contributed by atoms with Gasteiger partial charge in [-0.2, -0.15) is 0 Å². The maximum atomic E-state index is 12.5. The number of ether oxygens (including phenoxy) is 1. The third kappa shape index (κ3) is 6.98. The van der Waals surface area contributed by atoms with Crippen molar-refractivity contribution in [2.24, 2.45) is 19.8 Å². The number of fused-ring (bicyclic) bond motifs is 1. The number of benzene rings is 4. The number of rotatable bonds is 13. The number of nitrogens with two attached hydrogens (primary N) is 1. The Bertz CT molecular complexity index is 1650. The molecule has 0 aliphatic carbocycles. The standard InChI is InChI=1S/C35H38N4O3/c1-37-32-18-17-27(22-33(32)38(2)35(37)41)24-39(19-10-20-42-30-16-9-11-26(21-30)23-34(36)40)25-31(28-12-5-3-6-13-28)29-14-7-4-8-15-29/h3-9,11-18,21-22,31H,10,19-20,23-25H2,1-2H3,(H2,36,40). The Morgan fingerprint density at radius 1 is 0.810 bits per heavy atom.